The van der Waals surface area contributed by atoms with Gasteiger partial charge < -0.3 is 5.32 Å². The van der Waals surface area contributed by atoms with E-state index in [1.165, 1.54) is 0 Å². The van der Waals surface area contributed by atoms with Crippen molar-refractivity contribution in [3.05, 3.63) is 30.3 Å². The Labute approximate surface area is 69.7 Å². The smallest absolute Gasteiger partial charge is 0.380 e. The molecule has 0 radical (unpaired) electrons. The number of para-hydroxylation sites is 1. The van der Waals surface area contributed by atoms with Crippen LogP contribution in [0.5, 0.6) is 0 Å². The molecule has 66 valence electrons. The van der Waals surface area contributed by atoms with Gasteiger partial charge in [-0.05, 0) is 12.1 Å². The van der Waals surface area contributed by atoms with E-state index in [0.29, 0.717) is 5.69 Å². The summed E-state index contributed by atoms with van der Waals surface area (Å²) in [6.07, 6.45) is -0.850. The molecule has 0 saturated heterocycles. The minimum atomic E-state index is -5.45. The lowest BCUT2D eigenvalue weighted by molar-refractivity contribution is 0.476. The molecule has 12 heavy (non-hydrogen) atoms. The van der Waals surface area contributed by atoms with E-state index in [4.69, 9.17) is 0 Å². The number of halogens is 3. The highest BCUT2D eigenvalue weighted by molar-refractivity contribution is 6.59. The average molecular weight is 191 g/mol. The standard InChI is InChI=1S/C7H8F3NSi/c8-12(9,10)6-11-7-4-2-1-3-5-7/h1-5,11H,6H2. The number of benzene rings is 1. The number of hydrogen-bond donors (Lipinski definition) is 1. The van der Waals surface area contributed by atoms with Gasteiger partial charge in [-0.3, -0.25) is 0 Å². The fourth-order valence-electron chi connectivity index (χ4n) is 0.758. The molecule has 0 heterocycles. The fourth-order valence-corrected chi connectivity index (χ4v) is 1.16. The van der Waals surface area contributed by atoms with E-state index >= 15 is 0 Å². The number of hydrogen-bond acceptors (Lipinski definition) is 1. The van der Waals surface area contributed by atoms with Crippen LogP contribution in [0.4, 0.5) is 18.0 Å². The van der Waals surface area contributed by atoms with Crippen molar-refractivity contribution in [1.29, 1.82) is 0 Å². The molecular formula is C7H8F3NSi. The first-order valence-electron chi connectivity index (χ1n) is 3.43. The van der Waals surface area contributed by atoms with Crippen LogP contribution in [0.15, 0.2) is 30.3 Å². The summed E-state index contributed by atoms with van der Waals surface area (Å²) in [6.45, 7) is 0. The van der Waals surface area contributed by atoms with E-state index in [1.54, 1.807) is 30.3 Å². The van der Waals surface area contributed by atoms with Gasteiger partial charge in [0.25, 0.3) is 0 Å². The normalized spacial score (nSPS) is 11.2. The summed E-state index contributed by atoms with van der Waals surface area (Å²) >= 11 is 0. The zero-order chi connectivity index (χ0) is 9.03. The third-order valence-electron chi connectivity index (χ3n) is 1.27. The van der Waals surface area contributed by atoms with E-state index in [1.807, 2.05) is 0 Å². The monoisotopic (exact) mass is 191 g/mol. The fraction of sp³-hybridized carbons (Fsp3) is 0.143. The molecule has 0 aliphatic rings. The average Bonchev–Trinajstić information content (AvgIpc) is 2.02. The summed E-state index contributed by atoms with van der Waals surface area (Å²) in [5.41, 5.74) is 0.516. The van der Waals surface area contributed by atoms with Crippen molar-refractivity contribution in [3.63, 3.8) is 0 Å². The van der Waals surface area contributed by atoms with Gasteiger partial charge in [0, 0.05) is 5.69 Å². The van der Waals surface area contributed by atoms with E-state index in [0.717, 1.165) is 0 Å². The van der Waals surface area contributed by atoms with Crippen molar-refractivity contribution in [1.82, 2.24) is 0 Å². The van der Waals surface area contributed by atoms with Crippen molar-refractivity contribution in [2.24, 2.45) is 0 Å². The number of rotatable bonds is 3. The summed E-state index contributed by atoms with van der Waals surface area (Å²) in [5.74, 6) is 0. The van der Waals surface area contributed by atoms with E-state index in [9.17, 15) is 12.3 Å². The minimum Gasteiger partial charge on any atom is -0.380 e. The summed E-state index contributed by atoms with van der Waals surface area (Å²) < 4.78 is 35.5. The second-order valence-electron chi connectivity index (χ2n) is 2.33. The van der Waals surface area contributed by atoms with E-state index < -0.39 is 15.2 Å². The Morgan fingerprint density at radius 2 is 1.67 bits per heavy atom. The molecule has 1 rings (SSSR count). The van der Waals surface area contributed by atoms with Crippen LogP contribution >= 0.6 is 0 Å². The van der Waals surface area contributed by atoms with Crippen LogP contribution in [0.25, 0.3) is 0 Å². The second-order valence-corrected chi connectivity index (χ2v) is 3.92. The van der Waals surface area contributed by atoms with Gasteiger partial charge in [0.1, 0.15) is 0 Å². The van der Waals surface area contributed by atoms with Crippen LogP contribution in [-0.4, -0.2) is 15.2 Å². The maximum Gasteiger partial charge on any atom is 0.636 e. The highest BCUT2D eigenvalue weighted by Gasteiger charge is 2.36. The van der Waals surface area contributed by atoms with Gasteiger partial charge in [0.2, 0.25) is 0 Å². The lowest BCUT2D eigenvalue weighted by atomic mass is 10.3. The molecule has 0 aromatic heterocycles. The molecular weight excluding hydrogens is 183 g/mol. The maximum atomic E-state index is 11.8. The summed E-state index contributed by atoms with van der Waals surface area (Å²) in [4.78, 5) is 0. The molecule has 0 unspecified atom stereocenters. The molecule has 0 saturated carbocycles. The van der Waals surface area contributed by atoms with Gasteiger partial charge in [-0.25, -0.2) is 12.3 Å². The van der Waals surface area contributed by atoms with Crippen molar-refractivity contribution < 1.29 is 12.3 Å². The van der Waals surface area contributed by atoms with Crippen LogP contribution in [0.2, 0.25) is 0 Å². The molecule has 1 aromatic carbocycles. The van der Waals surface area contributed by atoms with Crippen molar-refractivity contribution in [2.45, 2.75) is 0 Å². The summed E-state index contributed by atoms with van der Waals surface area (Å²) in [5, 5.41) is 2.32. The van der Waals surface area contributed by atoms with Crippen LogP contribution in [0.1, 0.15) is 0 Å². The zero-order valence-corrected chi connectivity index (χ0v) is 7.23. The summed E-state index contributed by atoms with van der Waals surface area (Å²) in [7, 11) is -5.45. The van der Waals surface area contributed by atoms with Crippen LogP contribution in [-0.2, 0) is 0 Å². The van der Waals surface area contributed by atoms with Gasteiger partial charge in [-0.15, -0.1) is 0 Å². The predicted octanol–water partition coefficient (Wildman–Crippen LogP) is 2.49. The predicted molar refractivity (Wildman–Crippen MR) is 44.0 cm³/mol. The Balaban J connectivity index is 2.44. The van der Waals surface area contributed by atoms with Crippen LogP contribution in [0, 0.1) is 0 Å². The first kappa shape index (κ1) is 9.12. The molecule has 1 N–H and O–H groups in total. The highest BCUT2D eigenvalue weighted by Crippen LogP contribution is 2.11. The Bertz CT molecular complexity index is 234. The lowest BCUT2D eigenvalue weighted by Crippen LogP contribution is -2.27. The first-order chi connectivity index (χ1) is 5.58. The zero-order valence-electron chi connectivity index (χ0n) is 6.23. The van der Waals surface area contributed by atoms with Gasteiger partial charge in [-0.2, -0.15) is 0 Å². The van der Waals surface area contributed by atoms with Gasteiger partial charge in [0.05, 0.1) is 6.17 Å². The molecule has 1 nitrogen and oxygen atoms in total. The Morgan fingerprint density at radius 1 is 1.08 bits per heavy atom. The molecule has 0 amide bonds. The quantitative estimate of drug-likeness (QED) is 0.571. The van der Waals surface area contributed by atoms with Crippen LogP contribution in [0.3, 0.4) is 0 Å². The molecule has 0 atom stereocenters. The molecule has 0 fully saturated rings. The third-order valence-corrected chi connectivity index (χ3v) is 1.84. The molecule has 0 bridgehead atoms. The number of anilines is 1. The summed E-state index contributed by atoms with van der Waals surface area (Å²) in [6, 6.07) is 8.37. The van der Waals surface area contributed by atoms with E-state index in [-0.39, 0.29) is 0 Å². The SMILES string of the molecule is F[Si](F)(F)CNc1ccccc1. The second kappa shape index (κ2) is 3.62. The Hall–Kier alpha value is -0.973. The topological polar surface area (TPSA) is 12.0 Å². The largest absolute Gasteiger partial charge is 0.636 e. The maximum absolute atomic E-state index is 11.8. The molecule has 1 aromatic rings. The molecule has 0 aliphatic heterocycles. The van der Waals surface area contributed by atoms with Crippen molar-refractivity contribution in [3.8, 4) is 0 Å². The van der Waals surface area contributed by atoms with Crippen LogP contribution < -0.4 is 5.32 Å². The van der Waals surface area contributed by atoms with Crippen molar-refractivity contribution >= 4 is 14.8 Å². The van der Waals surface area contributed by atoms with Gasteiger partial charge in [-0.1, -0.05) is 18.2 Å². The third kappa shape index (κ3) is 3.43. The van der Waals surface area contributed by atoms with Crippen molar-refractivity contribution in [2.75, 3.05) is 11.5 Å². The Kier molecular flexibility index (Phi) is 2.75. The first-order valence-corrected chi connectivity index (χ1v) is 5.28. The van der Waals surface area contributed by atoms with E-state index in [2.05, 4.69) is 5.32 Å². The molecule has 5 heteroatoms. The lowest BCUT2D eigenvalue weighted by Gasteiger charge is -2.05. The molecule has 0 spiro atoms. The Morgan fingerprint density at radius 3 is 2.17 bits per heavy atom. The van der Waals surface area contributed by atoms with Gasteiger partial charge in [0.15, 0.2) is 0 Å². The number of nitrogens with one attached hydrogen (secondary N) is 1. The highest BCUT2D eigenvalue weighted by atomic mass is 28.5. The minimum absolute atomic E-state index is 0.516. The van der Waals surface area contributed by atoms with Gasteiger partial charge >= 0.3 is 9.08 Å². The molecule has 0 aliphatic carbocycles.